The van der Waals surface area contributed by atoms with E-state index in [9.17, 15) is 14.7 Å². The van der Waals surface area contributed by atoms with Crippen molar-refractivity contribution >= 4 is 11.8 Å². The van der Waals surface area contributed by atoms with Gasteiger partial charge in [0.1, 0.15) is 11.5 Å². The summed E-state index contributed by atoms with van der Waals surface area (Å²) < 4.78 is 5.65. The van der Waals surface area contributed by atoms with Crippen molar-refractivity contribution in [1.82, 2.24) is 0 Å². The molecular weight excluding hydrogens is 340 g/mol. The molecule has 27 heavy (non-hydrogen) atoms. The van der Waals surface area contributed by atoms with E-state index in [-0.39, 0.29) is 22.7 Å². The Morgan fingerprint density at radius 2 is 1.89 bits per heavy atom. The predicted octanol–water partition coefficient (Wildman–Crippen LogP) is 4.18. The fourth-order valence-electron chi connectivity index (χ4n) is 7.29. The Bertz CT molecular complexity index is 735. The second kappa shape index (κ2) is 6.30. The Labute approximate surface area is 162 Å². The Morgan fingerprint density at radius 3 is 2.56 bits per heavy atom. The molecule has 1 N–H and O–H groups in total. The molecular formula is C23H32O4. The van der Waals surface area contributed by atoms with Crippen molar-refractivity contribution in [1.29, 1.82) is 0 Å². The van der Waals surface area contributed by atoms with Crippen LogP contribution in [0.1, 0.15) is 66.2 Å². The number of Topliss-reactive ketones (excluding diaryl/α,β-unsaturated/α-hetero) is 1. The van der Waals surface area contributed by atoms with E-state index in [1.807, 2.05) is 0 Å². The second-order valence-corrected chi connectivity index (χ2v) is 9.73. The van der Waals surface area contributed by atoms with Crippen LogP contribution in [0.25, 0.3) is 0 Å². The number of ether oxygens (including phenoxy) is 1. The van der Waals surface area contributed by atoms with Crippen molar-refractivity contribution in [3.05, 3.63) is 23.5 Å². The van der Waals surface area contributed by atoms with Crippen LogP contribution in [0.2, 0.25) is 0 Å². The highest BCUT2D eigenvalue weighted by Gasteiger charge is 2.60. The number of fused-ring (bicyclic) bond motifs is 5. The summed E-state index contributed by atoms with van der Waals surface area (Å²) in [6.45, 7) is 7.73. The van der Waals surface area contributed by atoms with Gasteiger partial charge in [0.05, 0.1) is 6.10 Å². The van der Waals surface area contributed by atoms with Gasteiger partial charge in [-0.1, -0.05) is 18.6 Å². The van der Waals surface area contributed by atoms with E-state index in [1.165, 1.54) is 12.5 Å². The topological polar surface area (TPSA) is 63.6 Å². The SMILES string of the molecule is CC(=O)OC1=CC(O)CC2=CCC3C(CCC4(C)C(C(C)=O)CCC34)C21C. The summed E-state index contributed by atoms with van der Waals surface area (Å²) in [5.74, 6) is 2.31. The lowest BCUT2D eigenvalue weighted by Gasteiger charge is -2.57. The van der Waals surface area contributed by atoms with Crippen LogP contribution < -0.4 is 0 Å². The van der Waals surface area contributed by atoms with Crippen molar-refractivity contribution in [2.24, 2.45) is 34.5 Å². The highest BCUT2D eigenvalue weighted by molar-refractivity contribution is 5.79. The monoisotopic (exact) mass is 372 g/mol. The molecule has 0 aromatic carbocycles. The summed E-state index contributed by atoms with van der Waals surface area (Å²) in [7, 11) is 0. The number of hydrogen-bond donors (Lipinski definition) is 1. The molecule has 0 spiro atoms. The van der Waals surface area contributed by atoms with E-state index in [2.05, 4.69) is 19.9 Å². The van der Waals surface area contributed by atoms with Gasteiger partial charge in [0.15, 0.2) is 0 Å². The summed E-state index contributed by atoms with van der Waals surface area (Å²) in [5.41, 5.74) is 1.01. The molecule has 0 amide bonds. The van der Waals surface area contributed by atoms with Gasteiger partial charge in [-0.25, -0.2) is 0 Å². The predicted molar refractivity (Wildman–Crippen MR) is 102 cm³/mol. The van der Waals surface area contributed by atoms with Crippen LogP contribution in [-0.2, 0) is 14.3 Å². The molecule has 2 saturated carbocycles. The zero-order valence-electron chi connectivity index (χ0n) is 17.0. The molecule has 0 aliphatic heterocycles. The zero-order valence-corrected chi connectivity index (χ0v) is 17.0. The van der Waals surface area contributed by atoms with Gasteiger partial charge in [-0.2, -0.15) is 0 Å². The third kappa shape index (κ3) is 2.66. The van der Waals surface area contributed by atoms with E-state index >= 15 is 0 Å². The average Bonchev–Trinajstić information content (AvgIpc) is 2.93. The summed E-state index contributed by atoms with van der Waals surface area (Å²) in [6, 6.07) is 0. The molecule has 0 radical (unpaired) electrons. The maximum absolute atomic E-state index is 12.3. The van der Waals surface area contributed by atoms with Gasteiger partial charge in [-0.05, 0) is 81.6 Å². The molecule has 0 aromatic heterocycles. The number of carbonyl (C=O) groups excluding carboxylic acids is 2. The number of aliphatic hydroxyl groups is 1. The minimum absolute atomic E-state index is 0.105. The minimum Gasteiger partial charge on any atom is -0.431 e. The normalized spacial score (nSPS) is 45.7. The van der Waals surface area contributed by atoms with E-state index in [0.717, 1.165) is 32.1 Å². The lowest BCUT2D eigenvalue weighted by molar-refractivity contribution is -0.141. The highest BCUT2D eigenvalue weighted by Crippen LogP contribution is 2.66. The van der Waals surface area contributed by atoms with Gasteiger partial charge in [0, 0.05) is 18.3 Å². The molecule has 7 unspecified atom stereocenters. The Hall–Kier alpha value is -1.42. The highest BCUT2D eigenvalue weighted by atomic mass is 16.5. The van der Waals surface area contributed by atoms with Crippen LogP contribution >= 0.6 is 0 Å². The smallest absolute Gasteiger partial charge is 0.307 e. The van der Waals surface area contributed by atoms with Gasteiger partial charge < -0.3 is 9.84 Å². The molecule has 0 bridgehead atoms. The summed E-state index contributed by atoms with van der Waals surface area (Å²) in [5, 5.41) is 10.3. The Morgan fingerprint density at radius 1 is 1.15 bits per heavy atom. The maximum atomic E-state index is 12.3. The molecule has 4 heteroatoms. The standard InChI is InChI=1S/C23H32O4/c1-13(24)18-7-8-19-17-6-5-15-11-16(26)12-21(27-14(2)25)23(15,4)20(17)9-10-22(18,19)3/h5,12,16-20,26H,6-11H2,1-4H3. The number of ketones is 1. The molecule has 0 saturated heterocycles. The summed E-state index contributed by atoms with van der Waals surface area (Å²) >= 11 is 0. The Balaban J connectivity index is 1.72. The lowest BCUT2D eigenvalue weighted by atomic mass is 9.48. The van der Waals surface area contributed by atoms with Crippen molar-refractivity contribution in [2.75, 3.05) is 0 Å². The summed E-state index contributed by atoms with van der Waals surface area (Å²) in [4.78, 5) is 24.0. The van der Waals surface area contributed by atoms with Gasteiger partial charge in [-0.3, -0.25) is 9.59 Å². The number of aliphatic hydroxyl groups excluding tert-OH is 1. The third-order valence-corrected chi connectivity index (χ3v) is 8.51. The number of esters is 1. The van der Waals surface area contributed by atoms with Crippen molar-refractivity contribution in [3.63, 3.8) is 0 Å². The van der Waals surface area contributed by atoms with Gasteiger partial charge in [0.2, 0.25) is 0 Å². The molecule has 0 aromatic rings. The van der Waals surface area contributed by atoms with Gasteiger partial charge >= 0.3 is 5.97 Å². The second-order valence-electron chi connectivity index (χ2n) is 9.73. The first-order chi connectivity index (χ1) is 12.7. The molecule has 148 valence electrons. The van der Waals surface area contributed by atoms with Crippen molar-refractivity contribution in [3.8, 4) is 0 Å². The van der Waals surface area contributed by atoms with Crippen LogP contribution in [0.15, 0.2) is 23.5 Å². The van der Waals surface area contributed by atoms with Gasteiger partial charge in [0.25, 0.3) is 0 Å². The van der Waals surface area contributed by atoms with Crippen LogP contribution in [-0.4, -0.2) is 23.0 Å². The maximum Gasteiger partial charge on any atom is 0.307 e. The molecule has 7 atom stereocenters. The number of hydrogen-bond acceptors (Lipinski definition) is 4. The van der Waals surface area contributed by atoms with Gasteiger partial charge in [-0.15, -0.1) is 0 Å². The molecule has 2 fully saturated rings. The average molecular weight is 373 g/mol. The minimum atomic E-state index is -0.586. The number of allylic oxidation sites excluding steroid dienone is 2. The third-order valence-electron chi connectivity index (χ3n) is 8.51. The van der Waals surface area contributed by atoms with E-state index in [1.54, 1.807) is 13.0 Å². The molecule has 4 aliphatic rings. The first-order valence-electron chi connectivity index (χ1n) is 10.5. The van der Waals surface area contributed by atoms with Crippen LogP contribution in [0.3, 0.4) is 0 Å². The first-order valence-corrected chi connectivity index (χ1v) is 10.5. The molecule has 4 aliphatic carbocycles. The quantitative estimate of drug-likeness (QED) is 0.583. The Kier molecular flexibility index (Phi) is 4.41. The lowest BCUT2D eigenvalue weighted by Crippen LogP contribution is -2.51. The van der Waals surface area contributed by atoms with Crippen molar-refractivity contribution in [2.45, 2.75) is 72.3 Å². The largest absolute Gasteiger partial charge is 0.431 e. The fraction of sp³-hybridized carbons (Fsp3) is 0.739. The number of carbonyl (C=O) groups is 2. The van der Waals surface area contributed by atoms with E-state index < -0.39 is 6.10 Å². The van der Waals surface area contributed by atoms with E-state index in [4.69, 9.17) is 4.74 Å². The number of rotatable bonds is 2. The van der Waals surface area contributed by atoms with Crippen LogP contribution in [0.4, 0.5) is 0 Å². The van der Waals surface area contributed by atoms with Crippen molar-refractivity contribution < 1.29 is 19.4 Å². The molecule has 0 heterocycles. The fourth-order valence-corrected chi connectivity index (χ4v) is 7.29. The van der Waals surface area contributed by atoms with Crippen LogP contribution in [0, 0.1) is 34.5 Å². The zero-order chi connectivity index (χ0) is 19.6. The van der Waals surface area contributed by atoms with Crippen LogP contribution in [0.5, 0.6) is 0 Å². The van der Waals surface area contributed by atoms with E-state index in [0.29, 0.717) is 35.7 Å². The molecule has 4 nitrogen and oxygen atoms in total. The summed E-state index contributed by atoms with van der Waals surface area (Å²) in [6.07, 6.45) is 9.34. The molecule has 4 rings (SSSR count). The first kappa shape index (κ1) is 18.9.